The van der Waals surface area contributed by atoms with Crippen molar-refractivity contribution in [2.45, 2.75) is 45.7 Å². The van der Waals surface area contributed by atoms with Gasteiger partial charge in [-0.15, -0.1) is 6.42 Å². The van der Waals surface area contributed by atoms with Crippen LogP contribution in [0, 0.1) is 24.2 Å². The maximum atomic E-state index is 5.28. The van der Waals surface area contributed by atoms with Crippen molar-refractivity contribution in [2.24, 2.45) is 11.8 Å². The fourth-order valence-electron chi connectivity index (χ4n) is 1.74. The lowest BCUT2D eigenvalue weighted by atomic mass is 9.73. The molecule has 1 fully saturated rings. The summed E-state index contributed by atoms with van der Waals surface area (Å²) in [5.41, 5.74) is 0. The van der Waals surface area contributed by atoms with Gasteiger partial charge in [-0.3, -0.25) is 0 Å². The van der Waals surface area contributed by atoms with Crippen molar-refractivity contribution >= 4 is 0 Å². The van der Waals surface area contributed by atoms with E-state index < -0.39 is 0 Å². The van der Waals surface area contributed by atoms with E-state index in [1.807, 2.05) is 6.92 Å². The topological polar surface area (TPSA) is 12.0 Å². The predicted molar refractivity (Wildman–Crippen MR) is 52.8 cm³/mol. The van der Waals surface area contributed by atoms with Gasteiger partial charge in [0.2, 0.25) is 0 Å². The van der Waals surface area contributed by atoms with Gasteiger partial charge in [-0.25, -0.2) is 0 Å². The van der Waals surface area contributed by atoms with E-state index in [0.717, 1.165) is 11.8 Å². The van der Waals surface area contributed by atoms with Crippen LogP contribution >= 0.6 is 0 Å². The molecule has 1 nitrogen and oxygen atoms in total. The van der Waals surface area contributed by atoms with E-state index in [2.05, 4.69) is 25.1 Å². The van der Waals surface area contributed by atoms with Crippen molar-refractivity contribution in [3.63, 3.8) is 0 Å². The Balaban J connectivity index is 2.14. The molecule has 0 amide bonds. The van der Waals surface area contributed by atoms with Gasteiger partial charge in [-0.05, 0) is 31.6 Å². The molecule has 1 unspecified atom stereocenters. The summed E-state index contributed by atoms with van der Waals surface area (Å²) in [6.45, 7) is 6.64. The molecule has 1 rings (SSSR count). The Bertz CT molecular complexity index is 172. The highest BCUT2D eigenvalue weighted by atomic mass is 15.0. The highest BCUT2D eigenvalue weighted by Crippen LogP contribution is 2.33. The van der Waals surface area contributed by atoms with Crippen molar-refractivity contribution < 1.29 is 0 Å². The van der Waals surface area contributed by atoms with Crippen LogP contribution in [-0.4, -0.2) is 12.1 Å². The quantitative estimate of drug-likeness (QED) is 0.631. The second-order valence-electron chi connectivity index (χ2n) is 4.23. The van der Waals surface area contributed by atoms with Crippen LogP contribution in [-0.2, 0) is 0 Å². The van der Waals surface area contributed by atoms with E-state index in [1.165, 1.54) is 12.8 Å². The molecule has 1 saturated carbocycles. The minimum Gasteiger partial charge on any atom is -0.301 e. The van der Waals surface area contributed by atoms with Gasteiger partial charge in [0.15, 0.2) is 0 Å². The van der Waals surface area contributed by atoms with Crippen LogP contribution in [0.2, 0.25) is 0 Å². The summed E-state index contributed by atoms with van der Waals surface area (Å²) in [5.74, 6) is 4.46. The summed E-state index contributed by atoms with van der Waals surface area (Å²) in [4.78, 5) is 0. The molecule has 0 radical (unpaired) electrons. The lowest BCUT2D eigenvalue weighted by molar-refractivity contribution is 0.165. The van der Waals surface area contributed by atoms with E-state index in [-0.39, 0.29) is 6.04 Å². The van der Waals surface area contributed by atoms with Crippen molar-refractivity contribution in [3.05, 3.63) is 0 Å². The fourth-order valence-corrected chi connectivity index (χ4v) is 1.74. The molecule has 1 atom stereocenters. The average molecular weight is 165 g/mol. The molecule has 0 aromatic heterocycles. The molecule has 0 aliphatic heterocycles. The molecule has 0 spiro atoms. The van der Waals surface area contributed by atoms with E-state index in [0.29, 0.717) is 6.04 Å². The van der Waals surface area contributed by atoms with Crippen LogP contribution < -0.4 is 5.32 Å². The number of nitrogens with one attached hydrogen (secondary N) is 1. The van der Waals surface area contributed by atoms with Crippen molar-refractivity contribution in [3.8, 4) is 12.3 Å². The van der Waals surface area contributed by atoms with Gasteiger partial charge in [0.1, 0.15) is 0 Å². The van der Waals surface area contributed by atoms with Crippen molar-refractivity contribution in [2.75, 3.05) is 0 Å². The Labute approximate surface area is 75.9 Å². The third-order valence-corrected chi connectivity index (χ3v) is 2.85. The monoisotopic (exact) mass is 165 g/mol. The minimum absolute atomic E-state index is 0.239. The molecule has 68 valence electrons. The second-order valence-corrected chi connectivity index (χ2v) is 4.23. The number of hydrogen-bond acceptors (Lipinski definition) is 1. The van der Waals surface area contributed by atoms with Crippen LogP contribution in [0.25, 0.3) is 0 Å². The zero-order valence-corrected chi connectivity index (χ0v) is 8.30. The molecule has 12 heavy (non-hydrogen) atoms. The Morgan fingerprint density at radius 2 is 1.92 bits per heavy atom. The van der Waals surface area contributed by atoms with Crippen molar-refractivity contribution in [1.29, 1.82) is 0 Å². The first-order valence-electron chi connectivity index (χ1n) is 4.85. The molecular formula is C11H19N. The largest absolute Gasteiger partial charge is 0.301 e. The highest BCUT2D eigenvalue weighted by Gasteiger charge is 2.31. The fraction of sp³-hybridized carbons (Fsp3) is 0.818. The van der Waals surface area contributed by atoms with Gasteiger partial charge < -0.3 is 5.32 Å². The summed E-state index contributed by atoms with van der Waals surface area (Å²) < 4.78 is 0. The smallest absolute Gasteiger partial charge is 0.0660 e. The molecule has 0 heterocycles. The Hall–Kier alpha value is -0.480. The second kappa shape index (κ2) is 3.96. The molecule has 1 heteroatoms. The zero-order chi connectivity index (χ0) is 9.14. The Kier molecular flexibility index (Phi) is 3.17. The molecule has 1 aliphatic carbocycles. The maximum absolute atomic E-state index is 5.28. The van der Waals surface area contributed by atoms with Gasteiger partial charge in [-0.1, -0.05) is 19.8 Å². The molecule has 0 saturated heterocycles. The van der Waals surface area contributed by atoms with Crippen LogP contribution in [0.5, 0.6) is 0 Å². The van der Waals surface area contributed by atoms with Gasteiger partial charge >= 0.3 is 0 Å². The van der Waals surface area contributed by atoms with E-state index in [1.54, 1.807) is 0 Å². The van der Waals surface area contributed by atoms with E-state index in [4.69, 9.17) is 6.42 Å². The zero-order valence-electron chi connectivity index (χ0n) is 8.30. The lowest BCUT2D eigenvalue weighted by Gasteiger charge is -2.39. The first-order chi connectivity index (χ1) is 5.63. The first-order valence-corrected chi connectivity index (χ1v) is 4.85. The standard InChI is InChI=1S/C11H19N/c1-5-9(4)12-11-6-10(7-11)8(2)3/h1,8-12H,6-7H2,2-4H3. The summed E-state index contributed by atoms with van der Waals surface area (Å²) in [7, 11) is 0. The first kappa shape index (κ1) is 9.61. The molecule has 1 aliphatic rings. The molecule has 0 aromatic rings. The van der Waals surface area contributed by atoms with Crippen LogP contribution in [0.4, 0.5) is 0 Å². The van der Waals surface area contributed by atoms with Crippen LogP contribution in [0.1, 0.15) is 33.6 Å². The SMILES string of the molecule is C#CC(C)NC1CC(C(C)C)C1. The lowest BCUT2D eigenvalue weighted by Crippen LogP contribution is -2.46. The summed E-state index contributed by atoms with van der Waals surface area (Å²) in [5, 5.41) is 3.41. The molecule has 0 aromatic carbocycles. The summed E-state index contributed by atoms with van der Waals surface area (Å²) in [6, 6.07) is 0.923. The minimum atomic E-state index is 0.239. The third kappa shape index (κ3) is 2.25. The molecule has 0 bridgehead atoms. The van der Waals surface area contributed by atoms with Crippen molar-refractivity contribution in [1.82, 2.24) is 5.32 Å². The number of terminal acetylenes is 1. The molecular weight excluding hydrogens is 146 g/mol. The number of hydrogen-bond donors (Lipinski definition) is 1. The van der Waals surface area contributed by atoms with E-state index in [9.17, 15) is 0 Å². The normalized spacial score (nSPS) is 30.9. The van der Waals surface area contributed by atoms with Gasteiger partial charge in [-0.2, -0.15) is 0 Å². The number of rotatable bonds is 3. The van der Waals surface area contributed by atoms with Gasteiger partial charge in [0.05, 0.1) is 6.04 Å². The summed E-state index contributed by atoms with van der Waals surface area (Å²) in [6.07, 6.45) is 7.90. The summed E-state index contributed by atoms with van der Waals surface area (Å²) >= 11 is 0. The Morgan fingerprint density at radius 3 is 2.33 bits per heavy atom. The maximum Gasteiger partial charge on any atom is 0.0660 e. The van der Waals surface area contributed by atoms with Gasteiger partial charge in [0.25, 0.3) is 0 Å². The molecule has 1 N–H and O–H groups in total. The predicted octanol–water partition coefficient (Wildman–Crippen LogP) is 2.03. The van der Waals surface area contributed by atoms with Crippen LogP contribution in [0.15, 0.2) is 0 Å². The Morgan fingerprint density at radius 1 is 1.33 bits per heavy atom. The van der Waals surface area contributed by atoms with Crippen LogP contribution in [0.3, 0.4) is 0 Å². The average Bonchev–Trinajstić information content (AvgIpc) is 1.94. The van der Waals surface area contributed by atoms with E-state index >= 15 is 0 Å². The third-order valence-electron chi connectivity index (χ3n) is 2.85. The van der Waals surface area contributed by atoms with Gasteiger partial charge in [0, 0.05) is 6.04 Å². The highest BCUT2D eigenvalue weighted by molar-refractivity contribution is 4.99.